The summed E-state index contributed by atoms with van der Waals surface area (Å²) in [5.74, 6) is 0. The minimum atomic E-state index is -0.398. The predicted molar refractivity (Wildman–Crippen MR) is 65.8 cm³/mol. The summed E-state index contributed by atoms with van der Waals surface area (Å²) < 4.78 is 0. The fourth-order valence-electron chi connectivity index (χ4n) is 2.87. The second-order valence-corrected chi connectivity index (χ2v) is 5.23. The number of rotatable bonds is 2. The SMILES string of the molecule is OC1(CN2CCCc3ccccc32)CCC1. The Morgan fingerprint density at radius 3 is 2.75 bits per heavy atom. The molecular weight excluding hydrogens is 198 g/mol. The lowest BCUT2D eigenvalue weighted by Gasteiger charge is -2.43. The molecule has 2 heteroatoms. The number of benzene rings is 1. The van der Waals surface area contributed by atoms with Gasteiger partial charge in [-0.3, -0.25) is 0 Å². The third kappa shape index (κ3) is 1.71. The van der Waals surface area contributed by atoms with Gasteiger partial charge in [0.1, 0.15) is 0 Å². The Morgan fingerprint density at radius 1 is 1.19 bits per heavy atom. The number of aryl methyl sites for hydroxylation is 1. The van der Waals surface area contributed by atoms with E-state index in [1.54, 1.807) is 0 Å². The number of anilines is 1. The number of hydrogen-bond donors (Lipinski definition) is 1. The fourth-order valence-corrected chi connectivity index (χ4v) is 2.87. The van der Waals surface area contributed by atoms with Crippen LogP contribution in [0.5, 0.6) is 0 Å². The van der Waals surface area contributed by atoms with Gasteiger partial charge in [-0.2, -0.15) is 0 Å². The molecule has 0 bridgehead atoms. The Hall–Kier alpha value is -1.02. The van der Waals surface area contributed by atoms with E-state index < -0.39 is 5.60 Å². The largest absolute Gasteiger partial charge is 0.388 e. The number of hydrogen-bond acceptors (Lipinski definition) is 2. The van der Waals surface area contributed by atoms with Crippen LogP contribution >= 0.6 is 0 Å². The van der Waals surface area contributed by atoms with Gasteiger partial charge in [-0.1, -0.05) is 18.2 Å². The summed E-state index contributed by atoms with van der Waals surface area (Å²) in [7, 11) is 0. The van der Waals surface area contributed by atoms with Gasteiger partial charge in [-0.15, -0.1) is 0 Å². The highest BCUT2D eigenvalue weighted by atomic mass is 16.3. The van der Waals surface area contributed by atoms with Crippen molar-refractivity contribution in [2.45, 2.75) is 37.7 Å². The molecule has 0 aromatic heterocycles. The van der Waals surface area contributed by atoms with Crippen molar-refractivity contribution in [3.05, 3.63) is 29.8 Å². The fraction of sp³-hybridized carbons (Fsp3) is 0.571. The molecule has 86 valence electrons. The monoisotopic (exact) mass is 217 g/mol. The van der Waals surface area contributed by atoms with Crippen molar-refractivity contribution in [1.82, 2.24) is 0 Å². The van der Waals surface area contributed by atoms with E-state index in [0.29, 0.717) is 0 Å². The van der Waals surface area contributed by atoms with E-state index in [1.165, 1.54) is 30.5 Å². The van der Waals surface area contributed by atoms with E-state index in [1.807, 2.05) is 0 Å². The van der Waals surface area contributed by atoms with Gasteiger partial charge >= 0.3 is 0 Å². The van der Waals surface area contributed by atoms with Crippen LogP contribution in [0.25, 0.3) is 0 Å². The van der Waals surface area contributed by atoms with Gasteiger partial charge in [-0.05, 0) is 43.7 Å². The van der Waals surface area contributed by atoms with Crippen LogP contribution in [0.15, 0.2) is 24.3 Å². The third-order valence-electron chi connectivity index (χ3n) is 3.98. The maximum Gasteiger partial charge on any atom is 0.0821 e. The molecule has 2 nitrogen and oxygen atoms in total. The maximum atomic E-state index is 10.2. The van der Waals surface area contributed by atoms with Crippen molar-refractivity contribution in [2.75, 3.05) is 18.0 Å². The summed E-state index contributed by atoms with van der Waals surface area (Å²) in [5, 5.41) is 10.2. The summed E-state index contributed by atoms with van der Waals surface area (Å²) in [4.78, 5) is 2.37. The zero-order chi connectivity index (χ0) is 11.0. The summed E-state index contributed by atoms with van der Waals surface area (Å²) in [6.45, 7) is 1.92. The number of β-amino-alcohol motifs (C(OH)–C–C–N with tert-alkyl or cyclic N) is 1. The number of fused-ring (bicyclic) bond motifs is 1. The van der Waals surface area contributed by atoms with Gasteiger partial charge in [0.25, 0.3) is 0 Å². The number of nitrogens with zero attached hydrogens (tertiary/aromatic N) is 1. The summed E-state index contributed by atoms with van der Waals surface area (Å²) in [6.07, 6.45) is 5.54. The Balaban J connectivity index is 1.81. The van der Waals surface area contributed by atoms with Gasteiger partial charge < -0.3 is 10.0 Å². The van der Waals surface area contributed by atoms with Gasteiger partial charge in [0, 0.05) is 18.8 Å². The molecule has 16 heavy (non-hydrogen) atoms. The summed E-state index contributed by atoms with van der Waals surface area (Å²) >= 11 is 0. The molecule has 0 radical (unpaired) electrons. The van der Waals surface area contributed by atoms with Gasteiger partial charge in [-0.25, -0.2) is 0 Å². The molecule has 1 saturated carbocycles. The molecule has 1 heterocycles. The highest BCUT2D eigenvalue weighted by Crippen LogP contribution is 2.35. The molecule has 0 unspecified atom stereocenters. The van der Waals surface area contributed by atoms with Crippen molar-refractivity contribution < 1.29 is 5.11 Å². The van der Waals surface area contributed by atoms with Crippen molar-refractivity contribution in [1.29, 1.82) is 0 Å². The first-order valence-corrected chi connectivity index (χ1v) is 6.32. The van der Waals surface area contributed by atoms with Crippen LogP contribution in [0, 0.1) is 0 Å². The van der Waals surface area contributed by atoms with Crippen LogP contribution in [0.1, 0.15) is 31.2 Å². The van der Waals surface area contributed by atoms with E-state index in [4.69, 9.17) is 0 Å². The van der Waals surface area contributed by atoms with Crippen LogP contribution in [-0.4, -0.2) is 23.8 Å². The van der Waals surface area contributed by atoms with E-state index in [-0.39, 0.29) is 0 Å². The molecule has 0 saturated heterocycles. The van der Waals surface area contributed by atoms with Crippen LogP contribution < -0.4 is 4.90 Å². The predicted octanol–water partition coefficient (Wildman–Crippen LogP) is 2.35. The van der Waals surface area contributed by atoms with Crippen molar-refractivity contribution in [3.63, 3.8) is 0 Å². The minimum absolute atomic E-state index is 0.398. The molecule has 1 aromatic rings. The Kier molecular flexibility index (Phi) is 2.40. The van der Waals surface area contributed by atoms with Gasteiger partial charge in [0.2, 0.25) is 0 Å². The molecule has 0 amide bonds. The first-order chi connectivity index (χ1) is 7.77. The van der Waals surface area contributed by atoms with Crippen molar-refractivity contribution >= 4 is 5.69 Å². The van der Waals surface area contributed by atoms with Crippen LogP contribution in [-0.2, 0) is 6.42 Å². The standard InChI is InChI=1S/C14H19NO/c16-14(8-4-9-14)11-15-10-3-6-12-5-1-2-7-13(12)15/h1-2,5,7,16H,3-4,6,8-11H2. The average molecular weight is 217 g/mol. The third-order valence-corrected chi connectivity index (χ3v) is 3.98. The molecule has 1 aliphatic heterocycles. The Bertz CT molecular complexity index is 384. The lowest BCUT2D eigenvalue weighted by Crippen LogP contribution is -2.49. The van der Waals surface area contributed by atoms with E-state index in [0.717, 1.165) is 25.9 Å². The molecule has 1 fully saturated rings. The number of para-hydroxylation sites is 1. The lowest BCUT2D eigenvalue weighted by atomic mass is 9.79. The molecule has 1 aliphatic carbocycles. The normalized spacial score (nSPS) is 22.4. The Morgan fingerprint density at radius 2 is 2.00 bits per heavy atom. The first-order valence-electron chi connectivity index (χ1n) is 6.32. The van der Waals surface area contributed by atoms with Crippen LogP contribution in [0.4, 0.5) is 5.69 Å². The van der Waals surface area contributed by atoms with Crippen molar-refractivity contribution in [3.8, 4) is 0 Å². The number of aliphatic hydroxyl groups is 1. The van der Waals surface area contributed by atoms with E-state index in [2.05, 4.69) is 29.2 Å². The second kappa shape index (κ2) is 3.77. The highest BCUT2D eigenvalue weighted by Gasteiger charge is 2.36. The molecule has 1 aromatic carbocycles. The van der Waals surface area contributed by atoms with Gasteiger partial charge in [0.05, 0.1) is 5.60 Å². The molecule has 1 N–H and O–H groups in total. The lowest BCUT2D eigenvalue weighted by molar-refractivity contribution is -0.0257. The molecule has 0 atom stereocenters. The molecule has 2 aliphatic rings. The first kappa shape index (κ1) is 10.2. The smallest absolute Gasteiger partial charge is 0.0821 e. The zero-order valence-electron chi connectivity index (χ0n) is 9.65. The molecule has 3 rings (SSSR count). The highest BCUT2D eigenvalue weighted by molar-refractivity contribution is 5.55. The topological polar surface area (TPSA) is 23.5 Å². The minimum Gasteiger partial charge on any atom is -0.388 e. The Labute approximate surface area is 96.9 Å². The average Bonchev–Trinajstić information content (AvgIpc) is 2.27. The summed E-state index contributed by atoms with van der Waals surface area (Å²) in [5.41, 5.74) is 2.38. The van der Waals surface area contributed by atoms with Crippen LogP contribution in [0.2, 0.25) is 0 Å². The maximum absolute atomic E-state index is 10.2. The second-order valence-electron chi connectivity index (χ2n) is 5.23. The zero-order valence-corrected chi connectivity index (χ0v) is 9.65. The quantitative estimate of drug-likeness (QED) is 0.822. The van der Waals surface area contributed by atoms with Crippen LogP contribution in [0.3, 0.4) is 0 Å². The molecule has 0 spiro atoms. The van der Waals surface area contributed by atoms with Gasteiger partial charge in [0.15, 0.2) is 0 Å². The van der Waals surface area contributed by atoms with E-state index >= 15 is 0 Å². The molecular formula is C14H19NO. The summed E-state index contributed by atoms with van der Waals surface area (Å²) in [6, 6.07) is 8.62. The van der Waals surface area contributed by atoms with Crippen molar-refractivity contribution in [2.24, 2.45) is 0 Å². The van der Waals surface area contributed by atoms with E-state index in [9.17, 15) is 5.11 Å².